The van der Waals surface area contributed by atoms with Crippen molar-refractivity contribution in [2.75, 3.05) is 0 Å². The Balaban J connectivity index is 3.42. The molecule has 0 fully saturated rings. The SMILES string of the molecule is [CH2]n1nnn(C)c1=O. The maximum atomic E-state index is 10.5. The van der Waals surface area contributed by atoms with Crippen LogP contribution in [0.5, 0.6) is 0 Å². The highest BCUT2D eigenvalue weighted by molar-refractivity contribution is 4.55. The fourth-order valence-corrected chi connectivity index (χ4v) is 0.352. The molecule has 43 valence electrons. The van der Waals surface area contributed by atoms with Gasteiger partial charge < -0.3 is 0 Å². The quantitative estimate of drug-likeness (QED) is 0.416. The Morgan fingerprint density at radius 3 is 2.38 bits per heavy atom. The van der Waals surface area contributed by atoms with E-state index in [2.05, 4.69) is 17.5 Å². The van der Waals surface area contributed by atoms with Crippen molar-refractivity contribution in [3.63, 3.8) is 0 Å². The normalized spacial score (nSPS) is 9.75. The van der Waals surface area contributed by atoms with Crippen LogP contribution in [0.2, 0.25) is 0 Å². The molecule has 0 aliphatic heterocycles. The Morgan fingerprint density at radius 2 is 2.25 bits per heavy atom. The summed E-state index contributed by atoms with van der Waals surface area (Å²) in [6, 6.07) is 0. The molecule has 0 atom stereocenters. The maximum absolute atomic E-state index is 10.5. The molecule has 5 heteroatoms. The van der Waals surface area contributed by atoms with Crippen molar-refractivity contribution < 1.29 is 0 Å². The fourth-order valence-electron chi connectivity index (χ4n) is 0.352. The Labute approximate surface area is 45.5 Å². The molecule has 1 radical (unpaired) electrons. The van der Waals surface area contributed by atoms with Gasteiger partial charge in [-0.2, -0.15) is 9.36 Å². The lowest BCUT2D eigenvalue weighted by atomic mass is 11.1. The topological polar surface area (TPSA) is 52.7 Å². The third kappa shape index (κ3) is 0.518. The van der Waals surface area contributed by atoms with E-state index in [9.17, 15) is 4.79 Å². The van der Waals surface area contributed by atoms with E-state index in [1.807, 2.05) is 0 Å². The van der Waals surface area contributed by atoms with Crippen LogP contribution in [0, 0.1) is 7.05 Å². The highest BCUT2D eigenvalue weighted by Crippen LogP contribution is 1.58. The average Bonchev–Trinajstić information content (AvgIpc) is 1.98. The lowest BCUT2D eigenvalue weighted by Crippen LogP contribution is -2.19. The van der Waals surface area contributed by atoms with Crippen molar-refractivity contribution in [2.45, 2.75) is 0 Å². The van der Waals surface area contributed by atoms with E-state index in [4.69, 9.17) is 0 Å². The molecular formula is C3H5N4O. The van der Waals surface area contributed by atoms with E-state index in [1.54, 1.807) is 0 Å². The molecule has 0 saturated heterocycles. The number of nitrogens with zero attached hydrogens (tertiary/aromatic N) is 4. The van der Waals surface area contributed by atoms with Gasteiger partial charge in [-0.15, -0.1) is 0 Å². The van der Waals surface area contributed by atoms with Gasteiger partial charge in [0.05, 0.1) is 7.05 Å². The molecule has 0 aliphatic rings. The molecule has 0 aliphatic carbocycles. The predicted octanol–water partition coefficient (Wildman–Crippen LogP) is -1.38. The van der Waals surface area contributed by atoms with Gasteiger partial charge in [0.1, 0.15) is 0 Å². The van der Waals surface area contributed by atoms with Crippen LogP contribution in [0.25, 0.3) is 0 Å². The zero-order valence-corrected chi connectivity index (χ0v) is 4.40. The van der Waals surface area contributed by atoms with Gasteiger partial charge in [0.15, 0.2) is 0 Å². The maximum Gasteiger partial charge on any atom is 0.363 e. The van der Waals surface area contributed by atoms with Crippen LogP contribution in [0.15, 0.2) is 4.79 Å². The lowest BCUT2D eigenvalue weighted by molar-refractivity contribution is 0.692. The third-order valence-electron chi connectivity index (χ3n) is 0.780. The smallest absolute Gasteiger partial charge is 0.244 e. The zero-order valence-electron chi connectivity index (χ0n) is 4.40. The van der Waals surface area contributed by atoms with Gasteiger partial charge in [0.2, 0.25) is 0 Å². The summed E-state index contributed by atoms with van der Waals surface area (Å²) in [6.07, 6.45) is 0. The predicted molar refractivity (Wildman–Crippen MR) is 26.0 cm³/mol. The van der Waals surface area contributed by atoms with Gasteiger partial charge in [-0.05, 0) is 10.4 Å². The van der Waals surface area contributed by atoms with Crippen LogP contribution in [-0.2, 0) is 7.05 Å². The summed E-state index contributed by atoms with van der Waals surface area (Å²) in [6.45, 7) is 0. The first-order valence-corrected chi connectivity index (χ1v) is 2.01. The van der Waals surface area contributed by atoms with Crippen molar-refractivity contribution in [1.29, 1.82) is 0 Å². The Morgan fingerprint density at radius 1 is 1.62 bits per heavy atom. The van der Waals surface area contributed by atoms with Crippen LogP contribution in [-0.4, -0.2) is 19.8 Å². The first-order valence-electron chi connectivity index (χ1n) is 2.01. The number of rotatable bonds is 0. The van der Waals surface area contributed by atoms with Crippen molar-refractivity contribution in [1.82, 2.24) is 19.8 Å². The summed E-state index contributed by atoms with van der Waals surface area (Å²) in [5, 5.41) is 6.69. The van der Waals surface area contributed by atoms with Gasteiger partial charge in [-0.3, -0.25) is 0 Å². The highest BCUT2D eigenvalue weighted by Gasteiger charge is 1.93. The first kappa shape index (κ1) is 5.02. The van der Waals surface area contributed by atoms with E-state index in [-0.39, 0.29) is 5.69 Å². The van der Waals surface area contributed by atoms with E-state index in [0.717, 1.165) is 9.36 Å². The second-order valence-electron chi connectivity index (χ2n) is 1.38. The Kier molecular flexibility index (Phi) is 0.896. The van der Waals surface area contributed by atoms with E-state index >= 15 is 0 Å². The van der Waals surface area contributed by atoms with E-state index < -0.39 is 0 Å². The van der Waals surface area contributed by atoms with Gasteiger partial charge >= 0.3 is 5.69 Å². The Bertz CT molecular complexity index is 211. The van der Waals surface area contributed by atoms with E-state index in [0.29, 0.717) is 0 Å². The third-order valence-corrected chi connectivity index (χ3v) is 0.780. The summed E-state index contributed by atoms with van der Waals surface area (Å²) in [4.78, 5) is 10.5. The molecule has 0 N–H and O–H groups in total. The monoisotopic (exact) mass is 113 g/mol. The average molecular weight is 113 g/mol. The molecule has 8 heavy (non-hydrogen) atoms. The molecular weight excluding hydrogens is 108 g/mol. The number of tetrazole rings is 1. The van der Waals surface area contributed by atoms with E-state index in [1.165, 1.54) is 7.05 Å². The summed E-state index contributed by atoms with van der Waals surface area (Å²) in [5.74, 6) is 0. The number of aryl methyl sites for hydroxylation is 1. The summed E-state index contributed by atoms with van der Waals surface area (Å²) < 4.78 is 2.02. The molecule has 1 rings (SSSR count). The summed E-state index contributed by atoms with van der Waals surface area (Å²) in [5.41, 5.74) is -0.315. The summed E-state index contributed by atoms with van der Waals surface area (Å²) in [7, 11) is 4.76. The molecule has 1 heterocycles. The Hall–Kier alpha value is -1.13. The molecule has 0 aromatic carbocycles. The van der Waals surface area contributed by atoms with Gasteiger partial charge in [0, 0.05) is 7.05 Å². The standard InChI is InChI=1S/C3H5N4O/c1-6-3(8)7(2)5-4-6/h1H2,2H3. The fraction of sp³-hybridized carbons (Fsp3) is 0.333. The number of hydrogen-bond donors (Lipinski definition) is 0. The van der Waals surface area contributed by atoms with Crippen LogP contribution < -0.4 is 5.69 Å². The molecule has 0 bridgehead atoms. The van der Waals surface area contributed by atoms with Crippen molar-refractivity contribution >= 4 is 0 Å². The molecule has 0 amide bonds. The number of hydrogen-bond acceptors (Lipinski definition) is 3. The van der Waals surface area contributed by atoms with Gasteiger partial charge in [-0.1, -0.05) is 0 Å². The van der Waals surface area contributed by atoms with Crippen molar-refractivity contribution in [2.24, 2.45) is 7.05 Å². The van der Waals surface area contributed by atoms with Crippen molar-refractivity contribution in [3.05, 3.63) is 17.5 Å². The van der Waals surface area contributed by atoms with Crippen LogP contribution in [0.4, 0.5) is 0 Å². The van der Waals surface area contributed by atoms with Gasteiger partial charge in [-0.25, -0.2) is 4.79 Å². The second-order valence-corrected chi connectivity index (χ2v) is 1.38. The van der Waals surface area contributed by atoms with Crippen molar-refractivity contribution in [3.8, 4) is 0 Å². The molecule has 0 unspecified atom stereocenters. The minimum absolute atomic E-state index is 0.315. The second kappa shape index (κ2) is 1.43. The molecule has 0 spiro atoms. The molecule has 1 aromatic heterocycles. The first-order chi connectivity index (χ1) is 3.72. The largest absolute Gasteiger partial charge is 0.363 e. The highest BCUT2D eigenvalue weighted by atomic mass is 16.2. The lowest BCUT2D eigenvalue weighted by Gasteiger charge is -1.76. The van der Waals surface area contributed by atoms with Gasteiger partial charge in [0.25, 0.3) is 0 Å². The minimum atomic E-state index is -0.315. The summed E-state index contributed by atoms with van der Waals surface area (Å²) >= 11 is 0. The molecule has 1 aromatic rings. The molecule has 0 saturated carbocycles. The van der Waals surface area contributed by atoms with Crippen LogP contribution in [0.1, 0.15) is 0 Å². The minimum Gasteiger partial charge on any atom is -0.244 e. The zero-order chi connectivity index (χ0) is 6.15. The van der Waals surface area contributed by atoms with Crippen LogP contribution in [0.3, 0.4) is 0 Å². The van der Waals surface area contributed by atoms with Crippen LogP contribution >= 0.6 is 0 Å². The molecule has 5 nitrogen and oxygen atoms in total. The number of aromatic nitrogens is 4.